The van der Waals surface area contributed by atoms with E-state index >= 15 is 0 Å². The molecule has 0 amide bonds. The van der Waals surface area contributed by atoms with E-state index in [1.54, 1.807) is 0 Å². The summed E-state index contributed by atoms with van der Waals surface area (Å²) in [6.07, 6.45) is 4.65. The zero-order chi connectivity index (χ0) is 13.8. The van der Waals surface area contributed by atoms with E-state index in [0.717, 1.165) is 24.5 Å². The number of likely N-dealkylation sites (N-methyl/N-ethyl adjacent to an activating group) is 1. The van der Waals surface area contributed by atoms with Crippen LogP contribution < -0.4 is 5.32 Å². The van der Waals surface area contributed by atoms with Crippen LogP contribution in [0.3, 0.4) is 0 Å². The molecule has 0 aliphatic carbocycles. The molecule has 1 aliphatic rings. The molecule has 106 valence electrons. The average Bonchev–Trinajstić information content (AvgIpc) is 3.10. The van der Waals surface area contributed by atoms with E-state index in [1.807, 2.05) is 29.1 Å². The van der Waals surface area contributed by atoms with Crippen LogP contribution in [-0.2, 0) is 6.54 Å². The molecule has 4 nitrogen and oxygen atoms in total. The smallest absolute Gasteiger partial charge is 0.0766 e. The lowest BCUT2D eigenvalue weighted by atomic mass is 10.2. The van der Waals surface area contributed by atoms with Crippen molar-refractivity contribution in [3.8, 4) is 5.69 Å². The van der Waals surface area contributed by atoms with Gasteiger partial charge in [0.2, 0.25) is 0 Å². The van der Waals surface area contributed by atoms with Gasteiger partial charge in [-0.05, 0) is 44.6 Å². The Morgan fingerprint density at radius 2 is 2.10 bits per heavy atom. The molecule has 1 unspecified atom stereocenters. The standard InChI is InChI=1S/C16H22N4/c1-19-10-5-8-16(19)13-17-12-14-9-11-20(18-14)15-6-3-2-4-7-15/h2-4,6-7,9,11,16-17H,5,8,10,12-13H2,1H3. The molecule has 0 radical (unpaired) electrons. The van der Waals surface area contributed by atoms with Crippen molar-refractivity contribution in [2.24, 2.45) is 0 Å². The van der Waals surface area contributed by atoms with Crippen LogP contribution in [0, 0.1) is 0 Å². The van der Waals surface area contributed by atoms with Gasteiger partial charge in [-0.25, -0.2) is 4.68 Å². The van der Waals surface area contributed by atoms with Gasteiger partial charge in [-0.1, -0.05) is 18.2 Å². The van der Waals surface area contributed by atoms with E-state index in [1.165, 1.54) is 19.4 Å². The molecule has 1 aliphatic heterocycles. The molecule has 0 spiro atoms. The number of hydrogen-bond donors (Lipinski definition) is 1. The van der Waals surface area contributed by atoms with Crippen molar-refractivity contribution in [2.75, 3.05) is 20.1 Å². The van der Waals surface area contributed by atoms with Gasteiger partial charge in [0.15, 0.2) is 0 Å². The highest BCUT2D eigenvalue weighted by Gasteiger charge is 2.19. The van der Waals surface area contributed by atoms with Gasteiger partial charge in [0.25, 0.3) is 0 Å². The Morgan fingerprint density at radius 3 is 2.85 bits per heavy atom. The normalized spacial score (nSPS) is 19.6. The molecule has 1 atom stereocenters. The Bertz CT molecular complexity index is 534. The third-order valence-corrected chi connectivity index (χ3v) is 4.02. The molecule has 1 N–H and O–H groups in total. The molecular formula is C16H22N4. The first-order valence-corrected chi connectivity index (χ1v) is 7.34. The van der Waals surface area contributed by atoms with Gasteiger partial charge in [0, 0.05) is 25.3 Å². The largest absolute Gasteiger partial charge is 0.310 e. The number of nitrogens with one attached hydrogen (secondary N) is 1. The number of hydrogen-bond acceptors (Lipinski definition) is 3. The van der Waals surface area contributed by atoms with Crippen LogP contribution in [-0.4, -0.2) is 40.9 Å². The Balaban J connectivity index is 1.53. The predicted octanol–water partition coefficient (Wildman–Crippen LogP) is 2.06. The van der Waals surface area contributed by atoms with Crippen LogP contribution in [0.1, 0.15) is 18.5 Å². The van der Waals surface area contributed by atoms with Gasteiger partial charge < -0.3 is 10.2 Å². The van der Waals surface area contributed by atoms with E-state index in [-0.39, 0.29) is 0 Å². The fraction of sp³-hybridized carbons (Fsp3) is 0.438. The molecule has 1 saturated heterocycles. The summed E-state index contributed by atoms with van der Waals surface area (Å²) < 4.78 is 1.93. The fourth-order valence-corrected chi connectivity index (χ4v) is 2.78. The molecular weight excluding hydrogens is 248 g/mol. The monoisotopic (exact) mass is 270 g/mol. The Kier molecular flexibility index (Phi) is 4.14. The zero-order valence-electron chi connectivity index (χ0n) is 12.0. The molecule has 20 heavy (non-hydrogen) atoms. The van der Waals surface area contributed by atoms with Crippen molar-refractivity contribution < 1.29 is 0 Å². The first kappa shape index (κ1) is 13.3. The highest BCUT2D eigenvalue weighted by Crippen LogP contribution is 2.13. The quantitative estimate of drug-likeness (QED) is 0.903. The Labute approximate surface area is 120 Å². The fourth-order valence-electron chi connectivity index (χ4n) is 2.78. The van der Waals surface area contributed by atoms with Crippen molar-refractivity contribution >= 4 is 0 Å². The van der Waals surface area contributed by atoms with Crippen molar-refractivity contribution in [1.29, 1.82) is 0 Å². The average molecular weight is 270 g/mol. The van der Waals surface area contributed by atoms with E-state index < -0.39 is 0 Å². The number of likely N-dealkylation sites (tertiary alicyclic amines) is 1. The summed E-state index contributed by atoms with van der Waals surface area (Å²) in [7, 11) is 2.21. The van der Waals surface area contributed by atoms with Crippen LogP contribution >= 0.6 is 0 Å². The predicted molar refractivity (Wildman–Crippen MR) is 80.9 cm³/mol. The minimum Gasteiger partial charge on any atom is -0.310 e. The van der Waals surface area contributed by atoms with Crippen molar-refractivity contribution in [3.63, 3.8) is 0 Å². The minimum atomic E-state index is 0.686. The summed E-state index contributed by atoms with van der Waals surface area (Å²) in [5.74, 6) is 0. The summed E-state index contributed by atoms with van der Waals surface area (Å²) in [6.45, 7) is 3.12. The second-order valence-electron chi connectivity index (χ2n) is 5.49. The number of para-hydroxylation sites is 1. The van der Waals surface area contributed by atoms with Crippen molar-refractivity contribution in [1.82, 2.24) is 20.0 Å². The van der Waals surface area contributed by atoms with Crippen LogP contribution in [0.25, 0.3) is 5.69 Å². The van der Waals surface area contributed by atoms with E-state index in [9.17, 15) is 0 Å². The second kappa shape index (κ2) is 6.20. The van der Waals surface area contributed by atoms with Gasteiger partial charge >= 0.3 is 0 Å². The number of benzene rings is 1. The highest BCUT2D eigenvalue weighted by atomic mass is 15.3. The number of rotatable bonds is 5. The SMILES string of the molecule is CN1CCCC1CNCc1ccn(-c2ccccc2)n1. The van der Waals surface area contributed by atoms with Crippen LogP contribution in [0.15, 0.2) is 42.6 Å². The molecule has 1 aromatic carbocycles. The molecule has 3 rings (SSSR count). The maximum absolute atomic E-state index is 4.60. The van der Waals surface area contributed by atoms with Crippen LogP contribution in [0.5, 0.6) is 0 Å². The Hall–Kier alpha value is -1.65. The summed E-state index contributed by atoms with van der Waals surface area (Å²) >= 11 is 0. The van der Waals surface area contributed by atoms with E-state index in [4.69, 9.17) is 0 Å². The molecule has 1 aromatic heterocycles. The second-order valence-corrected chi connectivity index (χ2v) is 5.49. The van der Waals surface area contributed by atoms with Gasteiger partial charge in [-0.15, -0.1) is 0 Å². The highest BCUT2D eigenvalue weighted by molar-refractivity contribution is 5.30. The maximum atomic E-state index is 4.60. The molecule has 2 heterocycles. The molecule has 2 aromatic rings. The van der Waals surface area contributed by atoms with Crippen LogP contribution in [0.2, 0.25) is 0 Å². The third kappa shape index (κ3) is 3.08. The topological polar surface area (TPSA) is 33.1 Å². The van der Waals surface area contributed by atoms with Crippen molar-refractivity contribution in [2.45, 2.75) is 25.4 Å². The minimum absolute atomic E-state index is 0.686. The lowest BCUT2D eigenvalue weighted by Crippen LogP contribution is -2.35. The maximum Gasteiger partial charge on any atom is 0.0766 e. The molecule has 0 saturated carbocycles. The first-order valence-electron chi connectivity index (χ1n) is 7.34. The summed E-state index contributed by atoms with van der Waals surface area (Å²) in [5.41, 5.74) is 2.20. The van der Waals surface area contributed by atoms with E-state index in [0.29, 0.717) is 6.04 Å². The Morgan fingerprint density at radius 1 is 1.25 bits per heavy atom. The summed E-state index contributed by atoms with van der Waals surface area (Å²) in [5, 5.41) is 8.13. The first-order chi connectivity index (χ1) is 9.83. The summed E-state index contributed by atoms with van der Waals surface area (Å²) in [6, 6.07) is 13.0. The van der Waals surface area contributed by atoms with Gasteiger partial charge in [0.05, 0.1) is 11.4 Å². The van der Waals surface area contributed by atoms with Gasteiger partial charge in [-0.3, -0.25) is 0 Å². The van der Waals surface area contributed by atoms with Crippen molar-refractivity contribution in [3.05, 3.63) is 48.3 Å². The lowest BCUT2D eigenvalue weighted by Gasteiger charge is -2.19. The molecule has 0 bridgehead atoms. The molecule has 1 fully saturated rings. The zero-order valence-corrected chi connectivity index (χ0v) is 12.0. The number of nitrogens with zero attached hydrogens (tertiary/aromatic N) is 3. The van der Waals surface area contributed by atoms with Gasteiger partial charge in [0.1, 0.15) is 0 Å². The lowest BCUT2D eigenvalue weighted by molar-refractivity contribution is 0.300. The van der Waals surface area contributed by atoms with E-state index in [2.05, 4.69) is 40.6 Å². The summed E-state index contributed by atoms with van der Waals surface area (Å²) in [4.78, 5) is 2.44. The number of aromatic nitrogens is 2. The molecule has 4 heteroatoms. The van der Waals surface area contributed by atoms with Crippen LogP contribution in [0.4, 0.5) is 0 Å². The van der Waals surface area contributed by atoms with Gasteiger partial charge in [-0.2, -0.15) is 5.10 Å². The third-order valence-electron chi connectivity index (χ3n) is 4.02.